The van der Waals surface area contributed by atoms with E-state index in [1.807, 2.05) is 0 Å². The van der Waals surface area contributed by atoms with Crippen LogP contribution in [0.5, 0.6) is 0 Å². The molecule has 1 fully saturated rings. The van der Waals surface area contributed by atoms with Crippen molar-refractivity contribution in [3.8, 4) is 0 Å². The van der Waals surface area contributed by atoms with E-state index >= 15 is 0 Å². The van der Waals surface area contributed by atoms with Crippen LogP contribution in [0.1, 0.15) is 41.4 Å². The summed E-state index contributed by atoms with van der Waals surface area (Å²) in [7, 11) is 0. The minimum atomic E-state index is 0.597. The number of rotatable bonds is 3. The normalized spacial score (nSPS) is 14.7. The molecule has 1 aliphatic carbocycles. The summed E-state index contributed by atoms with van der Waals surface area (Å²) in [4.78, 5) is 9.13. The molecule has 1 aromatic heterocycles. The van der Waals surface area contributed by atoms with Gasteiger partial charge in [0.1, 0.15) is 11.0 Å². The van der Waals surface area contributed by atoms with Gasteiger partial charge in [-0.1, -0.05) is 41.4 Å². The smallest absolute Gasteiger partial charge is 0.146 e. The lowest BCUT2D eigenvalue weighted by molar-refractivity contribution is 0.888. The van der Waals surface area contributed by atoms with Crippen molar-refractivity contribution in [2.75, 3.05) is 0 Å². The molecule has 0 bridgehead atoms. The molecule has 98 valence electrons. The van der Waals surface area contributed by atoms with E-state index in [9.17, 15) is 0 Å². The summed E-state index contributed by atoms with van der Waals surface area (Å²) in [6, 6.07) is 8.45. The molecule has 0 atom stereocenters. The first-order valence-electron chi connectivity index (χ1n) is 6.41. The molecule has 0 N–H and O–H groups in total. The summed E-state index contributed by atoms with van der Waals surface area (Å²) >= 11 is 8.49. The van der Waals surface area contributed by atoms with Crippen molar-refractivity contribution in [2.45, 2.75) is 32.1 Å². The standard InChI is InChI=1S/C15H14ClIN2/c1-9-3-2-4-10(7-9)8-12-18-14(11-5-6-11)13(17)15(16)19-12/h2-4,7,11H,5-6,8H2,1H3. The average molecular weight is 385 g/mol. The number of nitrogens with zero attached hydrogens (tertiary/aromatic N) is 2. The molecule has 0 unspecified atom stereocenters. The molecule has 2 aromatic rings. The van der Waals surface area contributed by atoms with Gasteiger partial charge >= 0.3 is 0 Å². The highest BCUT2D eigenvalue weighted by Crippen LogP contribution is 2.42. The molecule has 4 heteroatoms. The Labute approximate surface area is 131 Å². The fraction of sp³-hybridized carbons (Fsp3) is 0.333. The van der Waals surface area contributed by atoms with Gasteiger partial charge in [0.05, 0.1) is 9.26 Å². The van der Waals surface area contributed by atoms with Crippen molar-refractivity contribution in [3.05, 3.63) is 55.6 Å². The van der Waals surface area contributed by atoms with Crippen molar-refractivity contribution in [1.82, 2.24) is 9.97 Å². The monoisotopic (exact) mass is 384 g/mol. The van der Waals surface area contributed by atoms with E-state index < -0.39 is 0 Å². The summed E-state index contributed by atoms with van der Waals surface area (Å²) in [6.45, 7) is 2.10. The van der Waals surface area contributed by atoms with Gasteiger partial charge < -0.3 is 0 Å². The molecule has 0 spiro atoms. The molecule has 2 nitrogen and oxygen atoms in total. The topological polar surface area (TPSA) is 25.8 Å². The molecule has 1 heterocycles. The Bertz CT molecular complexity index is 624. The highest BCUT2D eigenvalue weighted by molar-refractivity contribution is 14.1. The second-order valence-corrected chi connectivity index (χ2v) is 6.51. The second-order valence-electron chi connectivity index (χ2n) is 5.07. The van der Waals surface area contributed by atoms with Crippen molar-refractivity contribution < 1.29 is 0 Å². The van der Waals surface area contributed by atoms with Crippen molar-refractivity contribution in [1.29, 1.82) is 0 Å². The summed E-state index contributed by atoms with van der Waals surface area (Å²) in [5.74, 6) is 1.43. The van der Waals surface area contributed by atoms with Gasteiger partial charge in [-0.15, -0.1) is 0 Å². The van der Waals surface area contributed by atoms with E-state index in [0.717, 1.165) is 21.5 Å². The van der Waals surface area contributed by atoms with Crippen LogP contribution in [0, 0.1) is 10.5 Å². The lowest BCUT2D eigenvalue weighted by Crippen LogP contribution is -2.03. The fourth-order valence-corrected chi connectivity index (χ4v) is 3.07. The molecule has 0 aliphatic heterocycles. The van der Waals surface area contributed by atoms with Crippen LogP contribution < -0.4 is 0 Å². The van der Waals surface area contributed by atoms with Gasteiger partial charge in [-0.05, 0) is 47.9 Å². The number of aryl methyl sites for hydroxylation is 1. The van der Waals surface area contributed by atoms with Gasteiger partial charge in [0.2, 0.25) is 0 Å². The predicted molar refractivity (Wildman–Crippen MR) is 85.7 cm³/mol. The number of benzene rings is 1. The van der Waals surface area contributed by atoms with Crippen LogP contribution in [0.15, 0.2) is 24.3 Å². The van der Waals surface area contributed by atoms with E-state index in [2.05, 4.69) is 58.8 Å². The first kappa shape index (κ1) is 13.3. The maximum atomic E-state index is 6.23. The molecular formula is C15H14ClIN2. The summed E-state index contributed by atoms with van der Waals surface area (Å²) < 4.78 is 1.02. The van der Waals surface area contributed by atoms with Crippen LogP contribution in [-0.4, -0.2) is 9.97 Å². The van der Waals surface area contributed by atoms with Crippen LogP contribution in [0.25, 0.3) is 0 Å². The van der Waals surface area contributed by atoms with E-state index in [1.165, 1.54) is 24.0 Å². The summed E-state index contributed by atoms with van der Waals surface area (Å²) in [5.41, 5.74) is 3.64. The van der Waals surface area contributed by atoms with Crippen LogP contribution in [0.3, 0.4) is 0 Å². The largest absolute Gasteiger partial charge is 0.236 e. The SMILES string of the molecule is Cc1cccc(Cc2nc(Cl)c(I)c(C3CC3)n2)c1. The molecule has 19 heavy (non-hydrogen) atoms. The molecule has 0 radical (unpaired) electrons. The Hall–Kier alpha value is -0.680. The quantitative estimate of drug-likeness (QED) is 0.575. The number of halogens is 2. The summed E-state index contributed by atoms with van der Waals surface area (Å²) in [6.07, 6.45) is 3.21. The highest BCUT2D eigenvalue weighted by atomic mass is 127. The molecular weight excluding hydrogens is 371 g/mol. The van der Waals surface area contributed by atoms with Crippen molar-refractivity contribution >= 4 is 34.2 Å². The Morgan fingerprint density at radius 3 is 2.79 bits per heavy atom. The lowest BCUT2D eigenvalue weighted by atomic mass is 10.1. The molecule has 3 rings (SSSR count). The Morgan fingerprint density at radius 2 is 2.11 bits per heavy atom. The van der Waals surface area contributed by atoms with Gasteiger partial charge in [-0.25, -0.2) is 9.97 Å². The highest BCUT2D eigenvalue weighted by Gasteiger charge is 2.29. The van der Waals surface area contributed by atoms with Crippen molar-refractivity contribution in [2.24, 2.45) is 0 Å². The van der Waals surface area contributed by atoms with E-state index in [4.69, 9.17) is 16.6 Å². The Balaban J connectivity index is 1.92. The first-order valence-corrected chi connectivity index (χ1v) is 7.86. The van der Waals surface area contributed by atoms with Crippen LogP contribution in [-0.2, 0) is 6.42 Å². The molecule has 1 aliphatic rings. The second kappa shape index (κ2) is 5.37. The number of hydrogen-bond donors (Lipinski definition) is 0. The van der Waals surface area contributed by atoms with Crippen LogP contribution in [0.2, 0.25) is 5.15 Å². The van der Waals surface area contributed by atoms with Gasteiger partial charge in [-0.3, -0.25) is 0 Å². The predicted octanol–water partition coefficient (Wildman–Crippen LogP) is 4.51. The Kier molecular flexibility index (Phi) is 3.76. The lowest BCUT2D eigenvalue weighted by Gasteiger charge is -2.08. The van der Waals surface area contributed by atoms with E-state index in [0.29, 0.717) is 11.1 Å². The van der Waals surface area contributed by atoms with Gasteiger partial charge in [0.25, 0.3) is 0 Å². The minimum absolute atomic E-state index is 0.597. The minimum Gasteiger partial charge on any atom is -0.236 e. The van der Waals surface area contributed by atoms with Gasteiger partial charge in [0.15, 0.2) is 0 Å². The third-order valence-electron chi connectivity index (χ3n) is 3.29. The maximum absolute atomic E-state index is 6.23. The number of hydrogen-bond acceptors (Lipinski definition) is 2. The summed E-state index contributed by atoms with van der Waals surface area (Å²) in [5, 5.41) is 0.597. The van der Waals surface area contributed by atoms with Crippen LogP contribution >= 0.6 is 34.2 Å². The Morgan fingerprint density at radius 1 is 1.32 bits per heavy atom. The fourth-order valence-electron chi connectivity index (χ4n) is 2.19. The maximum Gasteiger partial charge on any atom is 0.146 e. The zero-order valence-corrected chi connectivity index (χ0v) is 13.6. The van der Waals surface area contributed by atoms with Crippen molar-refractivity contribution in [3.63, 3.8) is 0 Å². The molecule has 1 aromatic carbocycles. The van der Waals surface area contributed by atoms with E-state index in [-0.39, 0.29) is 0 Å². The number of aromatic nitrogens is 2. The molecule has 1 saturated carbocycles. The van der Waals surface area contributed by atoms with Crippen LogP contribution in [0.4, 0.5) is 0 Å². The first-order chi connectivity index (χ1) is 9.13. The third-order valence-corrected chi connectivity index (χ3v) is 4.95. The average Bonchev–Trinajstić information content (AvgIpc) is 3.18. The zero-order chi connectivity index (χ0) is 13.4. The molecule has 0 saturated heterocycles. The van der Waals surface area contributed by atoms with Gasteiger partial charge in [-0.2, -0.15) is 0 Å². The third kappa shape index (κ3) is 3.08. The van der Waals surface area contributed by atoms with Gasteiger partial charge in [0, 0.05) is 12.3 Å². The zero-order valence-electron chi connectivity index (χ0n) is 10.7. The molecule has 0 amide bonds. The van der Waals surface area contributed by atoms with E-state index in [1.54, 1.807) is 0 Å².